The van der Waals surface area contributed by atoms with Crippen molar-refractivity contribution in [2.45, 2.75) is 20.3 Å². The third-order valence-electron chi connectivity index (χ3n) is 6.00. The number of rotatable bonds is 4. The molecule has 0 radical (unpaired) electrons. The Morgan fingerprint density at radius 1 is 1.23 bits per heavy atom. The van der Waals surface area contributed by atoms with Crippen LogP contribution in [0.1, 0.15) is 33.6 Å². The summed E-state index contributed by atoms with van der Waals surface area (Å²) in [6.45, 7) is 11.4. The molecule has 154 valence electrons. The Kier molecular flexibility index (Phi) is 5.60. The van der Waals surface area contributed by atoms with Crippen LogP contribution in [0.5, 0.6) is 0 Å². The Labute approximate surface area is 183 Å². The summed E-state index contributed by atoms with van der Waals surface area (Å²) in [4.78, 5) is 6.81. The maximum absolute atomic E-state index is 6.89. The number of terminal acetylenes is 1. The molecule has 1 fully saturated rings. The van der Waals surface area contributed by atoms with Crippen LogP contribution in [0.25, 0.3) is 16.6 Å². The van der Waals surface area contributed by atoms with E-state index < -0.39 is 0 Å². The van der Waals surface area contributed by atoms with E-state index in [1.54, 1.807) is 0 Å². The van der Waals surface area contributed by atoms with Gasteiger partial charge in [-0.2, -0.15) is 0 Å². The molecule has 4 nitrogen and oxygen atoms in total. The Hall–Kier alpha value is -2.74. The first-order valence-corrected chi connectivity index (χ1v) is 10.5. The molecule has 1 saturated heterocycles. The highest BCUT2D eigenvalue weighted by Gasteiger charge is 2.20. The fraction of sp³-hybridized carbons (Fsp3) is 0.320. The molecule has 0 aliphatic carbocycles. The second-order valence-electron chi connectivity index (χ2n) is 7.87. The van der Waals surface area contributed by atoms with Crippen molar-refractivity contribution in [2.75, 3.05) is 26.3 Å². The van der Waals surface area contributed by atoms with Gasteiger partial charge in [-0.05, 0) is 48.7 Å². The molecule has 3 heterocycles. The number of halogens is 1. The van der Waals surface area contributed by atoms with E-state index in [9.17, 15) is 0 Å². The van der Waals surface area contributed by atoms with Crippen molar-refractivity contribution in [3.8, 4) is 12.3 Å². The van der Waals surface area contributed by atoms with E-state index in [0.717, 1.165) is 46.7 Å². The van der Waals surface area contributed by atoms with Crippen molar-refractivity contribution in [1.82, 2.24) is 14.5 Å². The van der Waals surface area contributed by atoms with Crippen LogP contribution in [-0.4, -0.2) is 40.8 Å². The van der Waals surface area contributed by atoms with Crippen molar-refractivity contribution in [3.05, 3.63) is 69.6 Å². The number of aryl methyl sites for hydroxylation is 3. The van der Waals surface area contributed by atoms with Gasteiger partial charge in [0.2, 0.25) is 0 Å². The molecule has 1 aromatic carbocycles. The first-order chi connectivity index (χ1) is 14.4. The van der Waals surface area contributed by atoms with Crippen molar-refractivity contribution < 1.29 is 4.74 Å². The minimum absolute atomic E-state index is 0.679. The molecule has 0 atom stereocenters. The van der Waals surface area contributed by atoms with Gasteiger partial charge in [0.05, 0.1) is 23.9 Å². The number of pyridine rings is 1. The molecular formula is C25H26ClN3O. The number of benzene rings is 1. The van der Waals surface area contributed by atoms with Gasteiger partial charge in [-0.25, -0.2) is 0 Å². The van der Waals surface area contributed by atoms with Gasteiger partial charge in [-0.1, -0.05) is 24.1 Å². The zero-order valence-corrected chi connectivity index (χ0v) is 18.5. The second kappa shape index (κ2) is 8.18. The Balaban J connectivity index is 1.73. The first kappa shape index (κ1) is 20.5. The molecule has 0 unspecified atom stereocenters. The van der Waals surface area contributed by atoms with E-state index in [1.807, 2.05) is 6.20 Å². The van der Waals surface area contributed by atoms with Crippen LogP contribution in [0, 0.1) is 26.2 Å². The van der Waals surface area contributed by atoms with Gasteiger partial charge in [0.1, 0.15) is 5.69 Å². The summed E-state index contributed by atoms with van der Waals surface area (Å²) >= 11 is 6.89. The van der Waals surface area contributed by atoms with Crippen molar-refractivity contribution in [2.24, 2.45) is 7.05 Å². The first-order valence-electron chi connectivity index (χ1n) is 10.1. The zero-order chi connectivity index (χ0) is 21.4. The number of hydrogen-bond donors (Lipinski definition) is 0. The highest BCUT2D eigenvalue weighted by molar-refractivity contribution is 6.33. The fourth-order valence-electron chi connectivity index (χ4n) is 4.11. The van der Waals surface area contributed by atoms with E-state index in [0.29, 0.717) is 24.7 Å². The summed E-state index contributed by atoms with van der Waals surface area (Å²) in [5, 5.41) is 1.89. The maximum Gasteiger partial charge on any atom is 0.105 e. The van der Waals surface area contributed by atoms with Gasteiger partial charge in [-0.3, -0.25) is 4.98 Å². The molecule has 5 heteroatoms. The molecule has 3 aromatic rings. The highest BCUT2D eigenvalue weighted by Crippen LogP contribution is 2.32. The molecule has 0 N–H and O–H groups in total. The minimum Gasteiger partial charge on any atom is -0.378 e. The molecule has 0 bridgehead atoms. The molecule has 30 heavy (non-hydrogen) atoms. The van der Waals surface area contributed by atoms with Gasteiger partial charge in [0, 0.05) is 54.9 Å². The maximum atomic E-state index is 6.89. The van der Waals surface area contributed by atoms with Crippen LogP contribution in [-0.2, 0) is 18.2 Å². The summed E-state index contributed by atoms with van der Waals surface area (Å²) in [6, 6.07) is 6.36. The van der Waals surface area contributed by atoms with E-state index in [1.165, 1.54) is 16.6 Å². The Morgan fingerprint density at radius 2 is 1.97 bits per heavy atom. The van der Waals surface area contributed by atoms with Crippen molar-refractivity contribution >= 4 is 28.2 Å². The molecule has 0 amide bonds. The van der Waals surface area contributed by atoms with Crippen LogP contribution in [0.4, 0.5) is 0 Å². The van der Waals surface area contributed by atoms with Gasteiger partial charge in [0.25, 0.3) is 0 Å². The number of aromatic nitrogens is 2. The smallest absolute Gasteiger partial charge is 0.105 e. The molecule has 0 spiro atoms. The lowest BCUT2D eigenvalue weighted by Crippen LogP contribution is -2.35. The SMILES string of the molecule is C#Cc1cc(C)c2cc(Cc3c(C)cnc(C(=C)N4CCOCC4)c3Cl)n(C)c2c1. The van der Waals surface area contributed by atoms with Crippen LogP contribution in [0.3, 0.4) is 0 Å². The summed E-state index contributed by atoms with van der Waals surface area (Å²) in [5.41, 5.74) is 8.16. The Bertz CT molecular complexity index is 1180. The molecule has 1 aliphatic heterocycles. The zero-order valence-electron chi connectivity index (χ0n) is 17.8. The number of nitrogens with zero attached hydrogens (tertiary/aromatic N) is 3. The normalized spacial score (nSPS) is 14.2. The van der Waals surface area contributed by atoms with Crippen LogP contribution < -0.4 is 0 Å². The molecule has 4 rings (SSSR count). The lowest BCUT2D eigenvalue weighted by atomic mass is 10.0. The lowest BCUT2D eigenvalue weighted by Gasteiger charge is -2.30. The summed E-state index contributed by atoms with van der Waals surface area (Å²) in [6.07, 6.45) is 8.24. The number of fused-ring (bicyclic) bond motifs is 1. The molecule has 1 aliphatic rings. The number of ether oxygens (including phenoxy) is 1. The van der Waals surface area contributed by atoms with E-state index in [-0.39, 0.29) is 0 Å². The van der Waals surface area contributed by atoms with Crippen LogP contribution >= 0.6 is 11.6 Å². The quantitative estimate of drug-likeness (QED) is 0.573. The number of morpholine rings is 1. The van der Waals surface area contributed by atoms with Gasteiger partial charge < -0.3 is 14.2 Å². The monoisotopic (exact) mass is 419 g/mol. The summed E-state index contributed by atoms with van der Waals surface area (Å²) in [5.74, 6) is 2.75. The van der Waals surface area contributed by atoms with Crippen molar-refractivity contribution in [1.29, 1.82) is 0 Å². The van der Waals surface area contributed by atoms with Gasteiger partial charge in [-0.15, -0.1) is 6.42 Å². The van der Waals surface area contributed by atoms with E-state index >= 15 is 0 Å². The van der Waals surface area contributed by atoms with Crippen LogP contribution in [0.2, 0.25) is 5.02 Å². The third kappa shape index (κ3) is 3.60. The predicted molar refractivity (Wildman–Crippen MR) is 124 cm³/mol. The number of hydrogen-bond acceptors (Lipinski definition) is 3. The average Bonchev–Trinajstić information content (AvgIpc) is 3.07. The average molecular weight is 420 g/mol. The highest BCUT2D eigenvalue weighted by atomic mass is 35.5. The molecular weight excluding hydrogens is 394 g/mol. The van der Waals surface area contributed by atoms with Gasteiger partial charge in [0.15, 0.2) is 0 Å². The lowest BCUT2D eigenvalue weighted by molar-refractivity contribution is 0.0639. The van der Waals surface area contributed by atoms with E-state index in [2.05, 4.69) is 66.0 Å². The molecule has 0 saturated carbocycles. The minimum atomic E-state index is 0.679. The summed E-state index contributed by atoms with van der Waals surface area (Å²) < 4.78 is 7.66. The third-order valence-corrected chi connectivity index (χ3v) is 6.40. The second-order valence-corrected chi connectivity index (χ2v) is 8.25. The van der Waals surface area contributed by atoms with Gasteiger partial charge >= 0.3 is 0 Å². The largest absolute Gasteiger partial charge is 0.378 e. The molecule has 2 aromatic heterocycles. The standard InChI is InChI=1S/C25H26ClN3O/c1-6-19-11-16(2)21-13-20(28(5)23(21)12-19)14-22-17(3)15-27-25(24(22)26)18(4)29-7-9-30-10-8-29/h1,11-13,15H,4,7-10,14H2,2-3,5H3. The summed E-state index contributed by atoms with van der Waals surface area (Å²) in [7, 11) is 2.08. The predicted octanol–water partition coefficient (Wildman–Crippen LogP) is 4.72. The fourth-order valence-corrected chi connectivity index (χ4v) is 4.48. The van der Waals surface area contributed by atoms with Crippen molar-refractivity contribution in [3.63, 3.8) is 0 Å². The Morgan fingerprint density at radius 3 is 2.67 bits per heavy atom. The van der Waals surface area contributed by atoms with Crippen LogP contribution in [0.15, 0.2) is 31.0 Å². The topological polar surface area (TPSA) is 30.3 Å². The van der Waals surface area contributed by atoms with E-state index in [4.69, 9.17) is 22.8 Å².